The predicted molar refractivity (Wildman–Crippen MR) is 113 cm³/mol. The number of carbonyl (C=O) groups excluding carboxylic acids is 1. The number of hydrogen-bond donors (Lipinski definition) is 3. The van der Waals surface area contributed by atoms with E-state index < -0.39 is 0 Å². The minimum Gasteiger partial charge on any atom is -0.356 e. The molecule has 1 rings (SSSR count). The highest BCUT2D eigenvalue weighted by Crippen LogP contribution is 2.12. The fourth-order valence-electron chi connectivity index (χ4n) is 2.05. The number of benzene rings is 1. The van der Waals surface area contributed by atoms with Crippen LogP contribution in [0.5, 0.6) is 0 Å². The third-order valence-corrected chi connectivity index (χ3v) is 3.17. The lowest BCUT2D eigenvalue weighted by Crippen LogP contribution is -2.38. The molecule has 0 aromatic heterocycles. The van der Waals surface area contributed by atoms with Crippen LogP contribution in [-0.2, 0) is 11.3 Å². The summed E-state index contributed by atoms with van der Waals surface area (Å²) in [5.74, 6) is 1.76. The molecule has 0 bridgehead atoms. The maximum atomic E-state index is 11.8. The third kappa shape index (κ3) is 9.75. The van der Waals surface area contributed by atoms with Gasteiger partial charge in [0.25, 0.3) is 0 Å². The number of nitrogens with zero attached hydrogens (tertiary/aromatic N) is 1. The summed E-state index contributed by atoms with van der Waals surface area (Å²) >= 11 is 0. The highest BCUT2D eigenvalue weighted by molar-refractivity contribution is 14.0. The molecule has 0 aliphatic heterocycles. The molecule has 1 aromatic rings. The van der Waals surface area contributed by atoms with Crippen LogP contribution in [0.1, 0.15) is 39.7 Å². The smallest absolute Gasteiger partial charge is 0.224 e. The van der Waals surface area contributed by atoms with Gasteiger partial charge in [0.05, 0.1) is 0 Å². The zero-order valence-corrected chi connectivity index (χ0v) is 17.7. The zero-order chi connectivity index (χ0) is 17.2. The summed E-state index contributed by atoms with van der Waals surface area (Å²) in [5.41, 5.74) is 1.93. The number of hydrogen-bond acceptors (Lipinski definition) is 2. The molecule has 0 atom stereocenters. The van der Waals surface area contributed by atoms with Crippen molar-refractivity contribution in [3.05, 3.63) is 29.8 Å². The molecule has 3 N–H and O–H groups in total. The van der Waals surface area contributed by atoms with Gasteiger partial charge < -0.3 is 16.0 Å². The second kappa shape index (κ2) is 12.1. The fraction of sp³-hybridized carbons (Fsp3) is 0.556. The van der Waals surface area contributed by atoms with E-state index in [1.165, 1.54) is 0 Å². The second-order valence-corrected chi connectivity index (χ2v) is 6.55. The van der Waals surface area contributed by atoms with Crippen molar-refractivity contribution in [2.75, 3.05) is 18.9 Å². The van der Waals surface area contributed by atoms with Gasteiger partial charge in [-0.3, -0.25) is 9.79 Å². The molecule has 0 unspecified atom stereocenters. The SMILES string of the molecule is CN=C(NCc1cccc(NC(=O)CC(C)C)c1)NCC(C)C.I. The van der Waals surface area contributed by atoms with Crippen molar-refractivity contribution in [3.8, 4) is 0 Å². The van der Waals surface area contributed by atoms with Gasteiger partial charge in [-0.1, -0.05) is 39.8 Å². The maximum absolute atomic E-state index is 11.8. The quantitative estimate of drug-likeness (QED) is 0.341. The zero-order valence-electron chi connectivity index (χ0n) is 15.3. The lowest BCUT2D eigenvalue weighted by molar-refractivity contribution is -0.116. The predicted octanol–water partition coefficient (Wildman–Crippen LogP) is 3.61. The van der Waals surface area contributed by atoms with Gasteiger partial charge in [0.2, 0.25) is 5.91 Å². The fourth-order valence-corrected chi connectivity index (χ4v) is 2.05. The number of rotatable bonds is 7. The summed E-state index contributed by atoms with van der Waals surface area (Å²) in [6, 6.07) is 7.88. The highest BCUT2D eigenvalue weighted by Gasteiger charge is 2.06. The van der Waals surface area contributed by atoms with Crippen molar-refractivity contribution < 1.29 is 4.79 Å². The molecule has 0 aliphatic carbocycles. The minimum atomic E-state index is 0. The average molecular weight is 446 g/mol. The molecule has 6 heteroatoms. The molecule has 0 radical (unpaired) electrons. The Morgan fingerprint density at radius 3 is 2.42 bits per heavy atom. The number of anilines is 1. The number of amides is 1. The minimum absolute atomic E-state index is 0. The van der Waals surface area contributed by atoms with Crippen molar-refractivity contribution >= 4 is 41.5 Å². The van der Waals surface area contributed by atoms with E-state index in [0.29, 0.717) is 24.8 Å². The van der Waals surface area contributed by atoms with Gasteiger partial charge in [-0.05, 0) is 29.5 Å². The molecule has 24 heavy (non-hydrogen) atoms. The molecule has 0 aliphatic rings. The van der Waals surface area contributed by atoms with Crippen LogP contribution < -0.4 is 16.0 Å². The van der Waals surface area contributed by atoms with Gasteiger partial charge in [0, 0.05) is 32.2 Å². The van der Waals surface area contributed by atoms with Gasteiger partial charge in [0.15, 0.2) is 5.96 Å². The first-order valence-electron chi connectivity index (χ1n) is 8.24. The first-order valence-corrected chi connectivity index (χ1v) is 8.24. The topological polar surface area (TPSA) is 65.5 Å². The van der Waals surface area contributed by atoms with Crippen LogP contribution in [0.2, 0.25) is 0 Å². The molecule has 136 valence electrons. The summed E-state index contributed by atoms with van der Waals surface area (Å²) in [7, 11) is 1.76. The summed E-state index contributed by atoms with van der Waals surface area (Å²) < 4.78 is 0. The van der Waals surface area contributed by atoms with E-state index in [2.05, 4.69) is 34.8 Å². The molecule has 1 aromatic carbocycles. The number of nitrogens with one attached hydrogen (secondary N) is 3. The lowest BCUT2D eigenvalue weighted by atomic mass is 10.1. The molecule has 0 spiro atoms. The Kier molecular flexibility index (Phi) is 11.4. The standard InChI is InChI=1S/C18H30N4O.HI/c1-13(2)9-17(23)22-16-8-6-7-15(10-16)12-21-18(19-5)20-11-14(3)4;/h6-8,10,13-14H,9,11-12H2,1-5H3,(H,22,23)(H2,19,20,21);1H. The van der Waals surface area contributed by atoms with Gasteiger partial charge in [-0.15, -0.1) is 24.0 Å². The highest BCUT2D eigenvalue weighted by atomic mass is 127. The monoisotopic (exact) mass is 446 g/mol. The van der Waals surface area contributed by atoms with Crippen LogP contribution in [0.4, 0.5) is 5.69 Å². The molecule has 5 nitrogen and oxygen atoms in total. The van der Waals surface area contributed by atoms with Crippen LogP contribution in [0.3, 0.4) is 0 Å². The lowest BCUT2D eigenvalue weighted by Gasteiger charge is -2.14. The Labute approximate surface area is 163 Å². The van der Waals surface area contributed by atoms with Crippen LogP contribution in [0.25, 0.3) is 0 Å². The number of carbonyl (C=O) groups is 1. The van der Waals surface area contributed by atoms with Crippen molar-refractivity contribution in [3.63, 3.8) is 0 Å². The average Bonchev–Trinajstić information content (AvgIpc) is 2.46. The third-order valence-electron chi connectivity index (χ3n) is 3.17. The number of halogens is 1. The molecular formula is C18H31IN4O. The van der Waals surface area contributed by atoms with E-state index >= 15 is 0 Å². The largest absolute Gasteiger partial charge is 0.356 e. The summed E-state index contributed by atoms with van der Waals surface area (Å²) in [4.78, 5) is 16.0. The Morgan fingerprint density at radius 1 is 1.12 bits per heavy atom. The summed E-state index contributed by atoms with van der Waals surface area (Å²) in [5, 5.41) is 9.50. The van der Waals surface area contributed by atoms with Gasteiger partial charge in [-0.25, -0.2) is 0 Å². The second-order valence-electron chi connectivity index (χ2n) is 6.55. The van der Waals surface area contributed by atoms with Crippen LogP contribution in [-0.4, -0.2) is 25.5 Å². The maximum Gasteiger partial charge on any atom is 0.224 e. The van der Waals surface area contributed by atoms with Crippen molar-refractivity contribution in [2.24, 2.45) is 16.8 Å². The summed E-state index contributed by atoms with van der Waals surface area (Å²) in [6.45, 7) is 9.93. The van der Waals surface area contributed by atoms with Crippen molar-refractivity contribution in [1.82, 2.24) is 10.6 Å². The number of aliphatic imine (C=N–C) groups is 1. The van der Waals surface area contributed by atoms with E-state index in [-0.39, 0.29) is 29.9 Å². The van der Waals surface area contributed by atoms with E-state index in [0.717, 1.165) is 23.8 Å². The Hall–Kier alpha value is -1.31. The van der Waals surface area contributed by atoms with Crippen LogP contribution >= 0.6 is 24.0 Å². The number of guanidine groups is 1. The van der Waals surface area contributed by atoms with Crippen molar-refractivity contribution in [1.29, 1.82) is 0 Å². The molecule has 0 heterocycles. The van der Waals surface area contributed by atoms with E-state index in [9.17, 15) is 4.79 Å². The molecule has 0 saturated heterocycles. The normalized spacial score (nSPS) is 11.2. The molecule has 0 fully saturated rings. The Balaban J connectivity index is 0.00000529. The molecular weight excluding hydrogens is 415 g/mol. The first kappa shape index (κ1) is 22.7. The first-order chi connectivity index (χ1) is 10.9. The van der Waals surface area contributed by atoms with Gasteiger partial charge in [-0.2, -0.15) is 0 Å². The molecule has 0 saturated carbocycles. The Morgan fingerprint density at radius 2 is 1.83 bits per heavy atom. The van der Waals surface area contributed by atoms with E-state index in [4.69, 9.17) is 0 Å². The Bertz CT molecular complexity index is 530. The van der Waals surface area contributed by atoms with Gasteiger partial charge >= 0.3 is 0 Å². The summed E-state index contributed by atoms with van der Waals surface area (Å²) in [6.07, 6.45) is 0.536. The van der Waals surface area contributed by atoms with E-state index in [1.807, 2.05) is 38.1 Å². The van der Waals surface area contributed by atoms with Gasteiger partial charge in [0.1, 0.15) is 0 Å². The van der Waals surface area contributed by atoms with Crippen molar-refractivity contribution in [2.45, 2.75) is 40.7 Å². The van der Waals surface area contributed by atoms with E-state index in [1.54, 1.807) is 7.05 Å². The van der Waals surface area contributed by atoms with Crippen LogP contribution in [0, 0.1) is 11.8 Å². The van der Waals surface area contributed by atoms with Crippen LogP contribution in [0.15, 0.2) is 29.3 Å². The molecule has 1 amide bonds.